The second-order valence-corrected chi connectivity index (χ2v) is 5.98. The van der Waals surface area contributed by atoms with Gasteiger partial charge in [0.05, 0.1) is 12.1 Å². The van der Waals surface area contributed by atoms with Crippen LogP contribution in [0.5, 0.6) is 0 Å². The molecule has 2 N–H and O–H groups in total. The van der Waals surface area contributed by atoms with Crippen molar-refractivity contribution in [3.05, 3.63) is 11.3 Å². The Morgan fingerprint density at radius 2 is 1.60 bits per heavy atom. The van der Waals surface area contributed by atoms with Crippen molar-refractivity contribution < 1.29 is 13.2 Å². The van der Waals surface area contributed by atoms with Crippen LogP contribution in [0, 0.1) is 0 Å². The summed E-state index contributed by atoms with van der Waals surface area (Å²) in [5, 5.41) is 0. The fraction of sp³-hybridized carbons (Fsp3) is 0.857. The quantitative estimate of drug-likeness (QED) is 0.865. The fourth-order valence-corrected chi connectivity index (χ4v) is 2.60. The van der Waals surface area contributed by atoms with Crippen LogP contribution in [0.4, 0.5) is 13.2 Å². The van der Waals surface area contributed by atoms with Gasteiger partial charge in [-0.05, 0) is 27.2 Å². The third kappa shape index (κ3) is 4.38. The van der Waals surface area contributed by atoms with Crippen molar-refractivity contribution in [3.8, 4) is 0 Å². The van der Waals surface area contributed by atoms with E-state index in [0.717, 1.165) is 17.7 Å². The molecule has 0 bridgehead atoms. The molecule has 0 amide bonds. The predicted octanol–water partition coefficient (Wildman–Crippen LogP) is 2.59. The van der Waals surface area contributed by atoms with Gasteiger partial charge >= 0.3 is 6.18 Å². The lowest BCUT2D eigenvalue weighted by atomic mass is 9.93. The molecule has 0 spiro atoms. The monoisotopic (exact) mass is 293 g/mol. The minimum atomic E-state index is -4.12. The van der Waals surface area contributed by atoms with Crippen LogP contribution in [0.2, 0.25) is 0 Å². The number of hydrogen-bond acceptors (Lipinski definition) is 3. The van der Waals surface area contributed by atoms with Gasteiger partial charge in [-0.3, -0.25) is 9.80 Å². The lowest BCUT2D eigenvalue weighted by Crippen LogP contribution is -2.57. The molecular weight excluding hydrogens is 267 g/mol. The van der Waals surface area contributed by atoms with Gasteiger partial charge in [0.15, 0.2) is 0 Å². The summed E-state index contributed by atoms with van der Waals surface area (Å²) in [5.41, 5.74) is 7.90. The standard InChI is InChI=1S/C14H26F3N3/c1-5-11(2)12(18)13(3,4)20-8-6-19(7-9-20)10-14(15,16)17/h5-10,18H2,1-4H3/b12-11+. The molecule has 3 nitrogen and oxygen atoms in total. The Morgan fingerprint density at radius 1 is 1.10 bits per heavy atom. The first kappa shape index (κ1) is 17.3. The summed E-state index contributed by atoms with van der Waals surface area (Å²) >= 11 is 0. The van der Waals surface area contributed by atoms with Crippen molar-refractivity contribution in [2.45, 2.75) is 45.8 Å². The Labute approximate surface area is 119 Å². The summed E-state index contributed by atoms with van der Waals surface area (Å²) in [5.74, 6) is 0. The summed E-state index contributed by atoms with van der Waals surface area (Å²) in [7, 11) is 0. The zero-order valence-corrected chi connectivity index (χ0v) is 12.8. The Morgan fingerprint density at radius 3 is 2.00 bits per heavy atom. The van der Waals surface area contributed by atoms with Gasteiger partial charge < -0.3 is 5.73 Å². The van der Waals surface area contributed by atoms with Crippen LogP contribution in [-0.2, 0) is 0 Å². The zero-order valence-electron chi connectivity index (χ0n) is 12.8. The molecule has 0 saturated carbocycles. The maximum atomic E-state index is 12.4. The molecule has 1 fully saturated rings. The van der Waals surface area contributed by atoms with E-state index in [-0.39, 0.29) is 5.54 Å². The molecule has 0 aromatic rings. The van der Waals surface area contributed by atoms with Crippen LogP contribution in [-0.4, -0.2) is 54.2 Å². The highest BCUT2D eigenvalue weighted by Crippen LogP contribution is 2.26. The highest BCUT2D eigenvalue weighted by atomic mass is 19.4. The molecular formula is C14H26F3N3. The molecule has 1 saturated heterocycles. The summed E-state index contributed by atoms with van der Waals surface area (Å²) < 4.78 is 37.1. The van der Waals surface area contributed by atoms with Gasteiger partial charge in [-0.2, -0.15) is 13.2 Å². The van der Waals surface area contributed by atoms with Crippen molar-refractivity contribution >= 4 is 0 Å². The average molecular weight is 293 g/mol. The Balaban J connectivity index is 2.65. The van der Waals surface area contributed by atoms with Gasteiger partial charge in [-0.15, -0.1) is 0 Å². The first-order valence-electron chi connectivity index (χ1n) is 7.07. The first-order valence-corrected chi connectivity index (χ1v) is 7.07. The summed E-state index contributed by atoms with van der Waals surface area (Å²) in [6.07, 6.45) is -3.22. The molecule has 0 atom stereocenters. The van der Waals surface area contributed by atoms with Crippen molar-refractivity contribution in [3.63, 3.8) is 0 Å². The summed E-state index contributed by atoms with van der Waals surface area (Å²) in [6.45, 7) is 9.42. The van der Waals surface area contributed by atoms with Crippen LogP contribution in [0.1, 0.15) is 34.1 Å². The number of halogens is 3. The molecule has 118 valence electrons. The number of nitrogens with zero attached hydrogens (tertiary/aromatic N) is 2. The van der Waals surface area contributed by atoms with Crippen LogP contribution in [0.25, 0.3) is 0 Å². The summed E-state index contributed by atoms with van der Waals surface area (Å²) in [6, 6.07) is 0. The number of piperazine rings is 1. The van der Waals surface area contributed by atoms with E-state index in [0.29, 0.717) is 26.2 Å². The van der Waals surface area contributed by atoms with E-state index in [1.165, 1.54) is 4.90 Å². The third-order valence-corrected chi connectivity index (χ3v) is 4.21. The van der Waals surface area contributed by atoms with Gasteiger partial charge in [0.1, 0.15) is 0 Å². The first-order chi connectivity index (χ1) is 9.08. The molecule has 0 aromatic heterocycles. The predicted molar refractivity (Wildman–Crippen MR) is 75.3 cm³/mol. The molecule has 0 unspecified atom stereocenters. The Hall–Kier alpha value is -0.750. The van der Waals surface area contributed by atoms with E-state index >= 15 is 0 Å². The molecule has 1 rings (SSSR count). The summed E-state index contributed by atoms with van der Waals surface area (Å²) in [4.78, 5) is 3.63. The van der Waals surface area contributed by atoms with E-state index in [4.69, 9.17) is 5.73 Å². The highest BCUT2D eigenvalue weighted by Gasteiger charge is 2.36. The SMILES string of the molecule is CC/C(C)=C(/N)C(C)(C)N1CCN(CC(F)(F)F)CC1. The highest BCUT2D eigenvalue weighted by molar-refractivity contribution is 5.20. The third-order valence-electron chi connectivity index (χ3n) is 4.21. The largest absolute Gasteiger partial charge is 0.401 e. The van der Waals surface area contributed by atoms with Crippen LogP contribution in [0.15, 0.2) is 11.3 Å². The molecule has 1 aliphatic rings. The minimum absolute atomic E-state index is 0.301. The maximum absolute atomic E-state index is 12.4. The van der Waals surface area contributed by atoms with Gasteiger partial charge in [-0.25, -0.2) is 0 Å². The number of nitrogens with two attached hydrogens (primary N) is 1. The van der Waals surface area contributed by atoms with E-state index in [9.17, 15) is 13.2 Å². The zero-order chi connectivity index (χ0) is 15.6. The smallest absolute Gasteiger partial charge is 0.401 e. The fourth-order valence-electron chi connectivity index (χ4n) is 2.60. The molecule has 1 heterocycles. The number of allylic oxidation sites excluding steroid dienone is 1. The van der Waals surface area contributed by atoms with Crippen molar-refractivity contribution in [1.29, 1.82) is 0 Å². The van der Waals surface area contributed by atoms with E-state index < -0.39 is 12.7 Å². The molecule has 1 aliphatic heterocycles. The Kier molecular flexibility index (Phi) is 5.49. The van der Waals surface area contributed by atoms with E-state index in [1.54, 1.807) is 0 Å². The molecule has 0 radical (unpaired) electrons. The van der Waals surface area contributed by atoms with Crippen molar-refractivity contribution in [2.24, 2.45) is 5.73 Å². The van der Waals surface area contributed by atoms with Crippen molar-refractivity contribution in [1.82, 2.24) is 9.80 Å². The topological polar surface area (TPSA) is 32.5 Å². The van der Waals surface area contributed by atoms with Crippen LogP contribution < -0.4 is 5.73 Å². The van der Waals surface area contributed by atoms with Gasteiger partial charge in [0.2, 0.25) is 0 Å². The van der Waals surface area contributed by atoms with Crippen LogP contribution in [0.3, 0.4) is 0 Å². The molecule has 20 heavy (non-hydrogen) atoms. The van der Waals surface area contributed by atoms with Gasteiger partial charge in [-0.1, -0.05) is 12.5 Å². The normalized spacial score (nSPS) is 20.9. The van der Waals surface area contributed by atoms with Crippen LogP contribution >= 0.6 is 0 Å². The maximum Gasteiger partial charge on any atom is 0.401 e. The molecule has 0 aliphatic carbocycles. The molecule has 0 aromatic carbocycles. The van der Waals surface area contributed by atoms with E-state index in [1.807, 2.05) is 20.8 Å². The van der Waals surface area contributed by atoms with Gasteiger partial charge in [0, 0.05) is 31.9 Å². The number of rotatable bonds is 4. The average Bonchev–Trinajstić information content (AvgIpc) is 2.35. The van der Waals surface area contributed by atoms with E-state index in [2.05, 4.69) is 11.8 Å². The lowest BCUT2D eigenvalue weighted by molar-refractivity contribution is -0.150. The number of hydrogen-bond donors (Lipinski definition) is 1. The number of alkyl halides is 3. The minimum Gasteiger partial charge on any atom is -0.401 e. The second kappa shape index (κ2) is 6.35. The van der Waals surface area contributed by atoms with Gasteiger partial charge in [0.25, 0.3) is 0 Å². The second-order valence-electron chi connectivity index (χ2n) is 5.98. The lowest BCUT2D eigenvalue weighted by Gasteiger charge is -2.45. The molecule has 6 heteroatoms. The van der Waals surface area contributed by atoms with Crippen molar-refractivity contribution in [2.75, 3.05) is 32.7 Å². The Bertz CT molecular complexity index is 353.